The zero-order chi connectivity index (χ0) is 14.8. The van der Waals surface area contributed by atoms with Crippen molar-refractivity contribution in [2.45, 2.75) is 37.4 Å². The van der Waals surface area contributed by atoms with Crippen molar-refractivity contribution in [3.8, 4) is 0 Å². The molecular weight excluding hydrogens is 264 g/mol. The number of benzene rings is 1. The molecule has 1 amide bonds. The minimum atomic E-state index is -0.239. The van der Waals surface area contributed by atoms with Gasteiger partial charge in [-0.2, -0.15) is 0 Å². The highest BCUT2D eigenvalue weighted by atomic mass is 16.1. The smallest absolute Gasteiger partial charge is 0.231 e. The second-order valence-corrected chi connectivity index (χ2v) is 6.21. The van der Waals surface area contributed by atoms with Crippen molar-refractivity contribution in [2.24, 2.45) is 11.5 Å². The van der Waals surface area contributed by atoms with Gasteiger partial charge >= 0.3 is 0 Å². The molecule has 1 heterocycles. The van der Waals surface area contributed by atoms with Gasteiger partial charge in [-0.25, -0.2) is 0 Å². The molecule has 0 radical (unpaired) electrons. The van der Waals surface area contributed by atoms with Gasteiger partial charge < -0.3 is 16.8 Å². The molecule has 5 heteroatoms. The van der Waals surface area contributed by atoms with E-state index < -0.39 is 0 Å². The Morgan fingerprint density at radius 1 is 1.24 bits per heavy atom. The Kier molecular flexibility index (Phi) is 4.24. The highest BCUT2D eigenvalue weighted by Gasteiger charge is 2.30. The molecule has 0 saturated carbocycles. The summed E-state index contributed by atoms with van der Waals surface area (Å²) in [6.07, 6.45) is 3.09. The van der Waals surface area contributed by atoms with E-state index in [1.54, 1.807) is 0 Å². The molecule has 0 spiro atoms. The van der Waals surface area contributed by atoms with Crippen LogP contribution in [0.1, 0.15) is 42.5 Å². The molecule has 2 atom stereocenters. The summed E-state index contributed by atoms with van der Waals surface area (Å²) in [7, 11) is 0. The lowest BCUT2D eigenvalue weighted by Gasteiger charge is -2.33. The maximum absolute atomic E-state index is 11.0. The normalized spacial score (nSPS) is 26.7. The molecule has 2 aliphatic rings. The second-order valence-electron chi connectivity index (χ2n) is 6.21. The maximum atomic E-state index is 11.0. The van der Waals surface area contributed by atoms with Crippen LogP contribution in [0.5, 0.6) is 0 Å². The van der Waals surface area contributed by atoms with E-state index in [1.165, 1.54) is 11.1 Å². The fourth-order valence-corrected chi connectivity index (χ4v) is 3.59. The van der Waals surface area contributed by atoms with Crippen LogP contribution in [0, 0.1) is 0 Å². The molecule has 1 fully saturated rings. The number of nitrogens with two attached hydrogens (primary N) is 2. The quantitative estimate of drug-likeness (QED) is 0.760. The number of fused-ring (bicyclic) bond motifs is 1. The fourth-order valence-electron chi connectivity index (χ4n) is 3.59. The standard InChI is InChI=1S/C16H24N4O/c17-14-9-15(13-4-2-1-3-12(13)14)19-11-5-7-20(8-6-11)10-16(18)21/h1-4,11,14-15,19H,5-10,17H2,(H2,18,21). The summed E-state index contributed by atoms with van der Waals surface area (Å²) < 4.78 is 0. The van der Waals surface area contributed by atoms with Crippen molar-refractivity contribution in [1.82, 2.24) is 10.2 Å². The zero-order valence-electron chi connectivity index (χ0n) is 12.3. The number of hydrogen-bond acceptors (Lipinski definition) is 4. The Bertz CT molecular complexity index is 511. The first-order chi connectivity index (χ1) is 10.1. The van der Waals surface area contributed by atoms with E-state index in [0.717, 1.165) is 32.4 Å². The minimum Gasteiger partial charge on any atom is -0.369 e. The first-order valence-electron chi connectivity index (χ1n) is 7.74. The van der Waals surface area contributed by atoms with Gasteiger partial charge in [0.1, 0.15) is 0 Å². The van der Waals surface area contributed by atoms with Crippen LogP contribution < -0.4 is 16.8 Å². The molecule has 2 unspecified atom stereocenters. The maximum Gasteiger partial charge on any atom is 0.231 e. The molecule has 1 saturated heterocycles. The highest BCUT2D eigenvalue weighted by Crippen LogP contribution is 2.37. The van der Waals surface area contributed by atoms with Crippen molar-refractivity contribution in [3.63, 3.8) is 0 Å². The third kappa shape index (κ3) is 3.26. The lowest BCUT2D eigenvalue weighted by molar-refractivity contribution is -0.119. The van der Waals surface area contributed by atoms with Crippen LogP contribution in [0.15, 0.2) is 24.3 Å². The monoisotopic (exact) mass is 288 g/mol. The molecule has 0 aromatic heterocycles. The molecule has 1 aliphatic heterocycles. The van der Waals surface area contributed by atoms with E-state index in [2.05, 4.69) is 34.5 Å². The summed E-state index contributed by atoms with van der Waals surface area (Å²) >= 11 is 0. The number of amides is 1. The predicted molar refractivity (Wildman–Crippen MR) is 82.5 cm³/mol. The largest absolute Gasteiger partial charge is 0.369 e. The van der Waals surface area contributed by atoms with Crippen LogP contribution in [-0.4, -0.2) is 36.5 Å². The van der Waals surface area contributed by atoms with E-state index >= 15 is 0 Å². The van der Waals surface area contributed by atoms with Gasteiger partial charge in [0, 0.05) is 31.2 Å². The first kappa shape index (κ1) is 14.5. The van der Waals surface area contributed by atoms with Gasteiger partial charge in [0.2, 0.25) is 5.91 Å². The summed E-state index contributed by atoms with van der Waals surface area (Å²) in [4.78, 5) is 13.1. The van der Waals surface area contributed by atoms with Crippen molar-refractivity contribution in [3.05, 3.63) is 35.4 Å². The number of carbonyl (C=O) groups is 1. The van der Waals surface area contributed by atoms with Crippen molar-refractivity contribution >= 4 is 5.91 Å². The predicted octanol–water partition coefficient (Wildman–Crippen LogP) is 0.671. The average Bonchev–Trinajstić information content (AvgIpc) is 2.78. The Morgan fingerprint density at radius 3 is 2.57 bits per heavy atom. The van der Waals surface area contributed by atoms with Gasteiger partial charge in [0.25, 0.3) is 0 Å². The summed E-state index contributed by atoms with van der Waals surface area (Å²) in [5.41, 5.74) is 14.1. The zero-order valence-corrected chi connectivity index (χ0v) is 12.3. The fraction of sp³-hybridized carbons (Fsp3) is 0.562. The van der Waals surface area contributed by atoms with Crippen LogP contribution in [-0.2, 0) is 4.79 Å². The first-order valence-corrected chi connectivity index (χ1v) is 7.74. The number of likely N-dealkylation sites (tertiary alicyclic amines) is 1. The van der Waals surface area contributed by atoms with Crippen molar-refractivity contribution in [2.75, 3.05) is 19.6 Å². The van der Waals surface area contributed by atoms with Gasteiger partial charge in [-0.05, 0) is 30.4 Å². The number of nitrogens with one attached hydrogen (secondary N) is 1. The van der Waals surface area contributed by atoms with Gasteiger partial charge in [-0.1, -0.05) is 24.3 Å². The van der Waals surface area contributed by atoms with E-state index in [0.29, 0.717) is 18.6 Å². The van der Waals surface area contributed by atoms with Gasteiger partial charge in [0.15, 0.2) is 0 Å². The Hall–Kier alpha value is -1.43. The number of carbonyl (C=O) groups excluding carboxylic acids is 1. The van der Waals surface area contributed by atoms with Crippen LogP contribution in [0.4, 0.5) is 0 Å². The van der Waals surface area contributed by atoms with Crippen LogP contribution in [0.25, 0.3) is 0 Å². The third-order valence-corrected chi connectivity index (χ3v) is 4.66. The summed E-state index contributed by atoms with van der Waals surface area (Å²) in [6.45, 7) is 2.24. The number of hydrogen-bond donors (Lipinski definition) is 3. The van der Waals surface area contributed by atoms with E-state index in [-0.39, 0.29) is 11.9 Å². The summed E-state index contributed by atoms with van der Waals surface area (Å²) in [5, 5.41) is 3.76. The molecule has 1 aromatic carbocycles. The minimum absolute atomic E-state index is 0.147. The molecule has 1 aliphatic carbocycles. The molecule has 0 bridgehead atoms. The molecular formula is C16H24N4O. The SMILES string of the molecule is NC(=O)CN1CCC(NC2CC(N)c3ccccc32)CC1. The van der Waals surface area contributed by atoms with E-state index in [1.807, 2.05) is 0 Å². The highest BCUT2D eigenvalue weighted by molar-refractivity contribution is 5.75. The van der Waals surface area contributed by atoms with Crippen molar-refractivity contribution in [1.29, 1.82) is 0 Å². The van der Waals surface area contributed by atoms with Gasteiger partial charge in [-0.15, -0.1) is 0 Å². The summed E-state index contributed by atoms with van der Waals surface area (Å²) in [6, 6.07) is 9.47. The lowest BCUT2D eigenvalue weighted by Crippen LogP contribution is -2.45. The number of nitrogens with zero attached hydrogens (tertiary/aromatic N) is 1. The Labute approximate surface area is 125 Å². The number of rotatable bonds is 4. The van der Waals surface area contributed by atoms with Crippen LogP contribution >= 0.6 is 0 Å². The van der Waals surface area contributed by atoms with Gasteiger partial charge in [0.05, 0.1) is 6.54 Å². The third-order valence-electron chi connectivity index (χ3n) is 4.66. The molecule has 114 valence electrons. The Balaban J connectivity index is 1.56. The molecule has 3 rings (SSSR count). The molecule has 1 aromatic rings. The number of piperidine rings is 1. The second kappa shape index (κ2) is 6.13. The Morgan fingerprint density at radius 2 is 1.90 bits per heavy atom. The van der Waals surface area contributed by atoms with Crippen LogP contribution in [0.2, 0.25) is 0 Å². The van der Waals surface area contributed by atoms with Crippen molar-refractivity contribution < 1.29 is 4.79 Å². The van der Waals surface area contributed by atoms with Gasteiger partial charge in [-0.3, -0.25) is 9.69 Å². The molecule has 21 heavy (non-hydrogen) atoms. The average molecular weight is 288 g/mol. The topological polar surface area (TPSA) is 84.4 Å². The van der Waals surface area contributed by atoms with E-state index in [9.17, 15) is 4.79 Å². The van der Waals surface area contributed by atoms with E-state index in [4.69, 9.17) is 11.5 Å². The van der Waals surface area contributed by atoms with Crippen LogP contribution in [0.3, 0.4) is 0 Å². The molecule has 5 N–H and O–H groups in total. The summed E-state index contributed by atoms with van der Waals surface area (Å²) in [5.74, 6) is -0.239. The molecule has 5 nitrogen and oxygen atoms in total. The number of primary amides is 1. The lowest BCUT2D eigenvalue weighted by atomic mass is 10.0.